The van der Waals surface area contributed by atoms with E-state index < -0.39 is 30.5 Å². The van der Waals surface area contributed by atoms with Gasteiger partial charge in [-0.3, -0.25) is 9.20 Å². The number of carbonyl (C=O) groups excluding carboxylic acids is 1. The number of primary amides is 1. The van der Waals surface area contributed by atoms with E-state index in [2.05, 4.69) is 4.98 Å². The van der Waals surface area contributed by atoms with Crippen LogP contribution in [0.25, 0.3) is 5.65 Å². The van der Waals surface area contributed by atoms with Crippen LogP contribution in [0.15, 0.2) is 24.4 Å². The number of imidazole rings is 1. The van der Waals surface area contributed by atoms with Gasteiger partial charge in [0.15, 0.2) is 11.5 Å². The lowest BCUT2D eigenvalue weighted by atomic mass is 9.95. The lowest BCUT2D eigenvalue weighted by Gasteiger charge is -2.18. The highest BCUT2D eigenvalue weighted by atomic mass is 19.4. The number of anilines is 1. The van der Waals surface area contributed by atoms with Gasteiger partial charge in [-0.2, -0.15) is 18.4 Å². The molecule has 2 atom stereocenters. The molecule has 1 fully saturated rings. The van der Waals surface area contributed by atoms with Crippen molar-refractivity contribution in [2.24, 2.45) is 17.6 Å². The van der Waals surface area contributed by atoms with Crippen molar-refractivity contribution in [3.63, 3.8) is 0 Å². The average molecular weight is 323 g/mol. The number of pyridine rings is 1. The SMILES string of the molecule is N#Cc1c(N2C[C@@H](C(F)(F)F)[C@H](C(N)=O)C2)nc2ccccn12. The summed E-state index contributed by atoms with van der Waals surface area (Å²) in [5, 5.41) is 9.32. The number of carbonyl (C=O) groups is 1. The Hall–Kier alpha value is -2.76. The Morgan fingerprint density at radius 1 is 1.39 bits per heavy atom. The average Bonchev–Trinajstić information content (AvgIpc) is 3.08. The predicted molar refractivity (Wildman–Crippen MR) is 74.3 cm³/mol. The Kier molecular flexibility index (Phi) is 3.39. The maximum atomic E-state index is 13.1. The van der Waals surface area contributed by atoms with Gasteiger partial charge in [-0.25, -0.2) is 4.98 Å². The Morgan fingerprint density at radius 2 is 2.13 bits per heavy atom. The van der Waals surface area contributed by atoms with Gasteiger partial charge in [0.25, 0.3) is 0 Å². The van der Waals surface area contributed by atoms with Crippen molar-refractivity contribution in [1.82, 2.24) is 9.38 Å². The molecule has 0 radical (unpaired) electrons. The van der Waals surface area contributed by atoms with Crippen LogP contribution in [0.5, 0.6) is 0 Å². The number of nitriles is 1. The summed E-state index contributed by atoms with van der Waals surface area (Å²) in [6.45, 7) is -0.659. The Labute approximate surface area is 128 Å². The second kappa shape index (κ2) is 5.15. The highest BCUT2D eigenvalue weighted by Crippen LogP contribution is 2.39. The fourth-order valence-corrected chi connectivity index (χ4v) is 2.90. The van der Waals surface area contributed by atoms with Gasteiger partial charge in [0.05, 0.1) is 11.8 Å². The van der Waals surface area contributed by atoms with Gasteiger partial charge in [0, 0.05) is 19.3 Å². The summed E-state index contributed by atoms with van der Waals surface area (Å²) in [5.41, 5.74) is 5.69. The van der Waals surface area contributed by atoms with Crippen LogP contribution >= 0.6 is 0 Å². The van der Waals surface area contributed by atoms with Gasteiger partial charge in [0.1, 0.15) is 11.7 Å². The van der Waals surface area contributed by atoms with Gasteiger partial charge >= 0.3 is 6.18 Å². The summed E-state index contributed by atoms with van der Waals surface area (Å²) >= 11 is 0. The lowest BCUT2D eigenvalue weighted by molar-refractivity contribution is -0.181. The van der Waals surface area contributed by atoms with Gasteiger partial charge in [-0.1, -0.05) is 6.07 Å². The van der Waals surface area contributed by atoms with Crippen LogP contribution in [-0.4, -0.2) is 34.6 Å². The molecule has 0 bridgehead atoms. The second-order valence-electron chi connectivity index (χ2n) is 5.39. The van der Waals surface area contributed by atoms with Crippen LogP contribution in [0.2, 0.25) is 0 Å². The summed E-state index contributed by atoms with van der Waals surface area (Å²) in [6.07, 6.45) is -2.94. The monoisotopic (exact) mass is 323 g/mol. The molecule has 3 heterocycles. The predicted octanol–water partition coefficient (Wildman–Crippen LogP) is 1.31. The summed E-state index contributed by atoms with van der Waals surface area (Å²) in [6, 6.07) is 7.00. The van der Waals surface area contributed by atoms with E-state index in [9.17, 15) is 23.2 Å². The van der Waals surface area contributed by atoms with E-state index >= 15 is 0 Å². The third-order valence-electron chi connectivity index (χ3n) is 4.02. The second-order valence-corrected chi connectivity index (χ2v) is 5.39. The van der Waals surface area contributed by atoms with Crippen LogP contribution in [0.3, 0.4) is 0 Å². The van der Waals surface area contributed by atoms with Crippen molar-refractivity contribution < 1.29 is 18.0 Å². The van der Waals surface area contributed by atoms with E-state index in [1.54, 1.807) is 24.4 Å². The van der Waals surface area contributed by atoms with Gasteiger partial charge in [0.2, 0.25) is 5.91 Å². The fraction of sp³-hybridized carbons (Fsp3) is 0.357. The molecule has 2 aromatic heterocycles. The van der Waals surface area contributed by atoms with Crippen molar-refractivity contribution in [2.75, 3.05) is 18.0 Å². The van der Waals surface area contributed by atoms with E-state index in [0.29, 0.717) is 5.65 Å². The first-order valence-corrected chi connectivity index (χ1v) is 6.81. The molecule has 6 nitrogen and oxygen atoms in total. The van der Waals surface area contributed by atoms with E-state index in [4.69, 9.17) is 5.73 Å². The van der Waals surface area contributed by atoms with Crippen LogP contribution < -0.4 is 10.6 Å². The van der Waals surface area contributed by atoms with Gasteiger partial charge in [-0.15, -0.1) is 0 Å². The Bertz CT molecular complexity index is 807. The molecule has 0 aliphatic carbocycles. The number of hydrogen-bond acceptors (Lipinski definition) is 4. The molecule has 0 saturated carbocycles. The first-order valence-electron chi connectivity index (χ1n) is 6.81. The number of hydrogen-bond donors (Lipinski definition) is 1. The van der Waals surface area contributed by atoms with Crippen LogP contribution in [0.1, 0.15) is 5.69 Å². The van der Waals surface area contributed by atoms with Crippen LogP contribution in [-0.2, 0) is 4.79 Å². The number of aromatic nitrogens is 2. The number of alkyl halides is 3. The number of amides is 1. The number of halogens is 3. The summed E-state index contributed by atoms with van der Waals surface area (Å²) in [7, 11) is 0. The highest BCUT2D eigenvalue weighted by Gasteiger charge is 2.52. The maximum Gasteiger partial charge on any atom is 0.394 e. The largest absolute Gasteiger partial charge is 0.394 e. The quantitative estimate of drug-likeness (QED) is 0.902. The third kappa shape index (κ3) is 2.46. The zero-order valence-corrected chi connectivity index (χ0v) is 11.8. The zero-order chi connectivity index (χ0) is 16.8. The molecule has 23 heavy (non-hydrogen) atoms. The third-order valence-corrected chi connectivity index (χ3v) is 4.02. The maximum absolute atomic E-state index is 13.1. The normalized spacial score (nSPS) is 21.6. The number of nitrogens with two attached hydrogens (primary N) is 1. The first-order chi connectivity index (χ1) is 10.8. The summed E-state index contributed by atoms with van der Waals surface area (Å²) < 4.78 is 40.9. The zero-order valence-electron chi connectivity index (χ0n) is 11.8. The van der Waals surface area contributed by atoms with Gasteiger partial charge < -0.3 is 10.6 Å². The minimum absolute atomic E-state index is 0.131. The van der Waals surface area contributed by atoms with Crippen LogP contribution in [0, 0.1) is 23.2 Å². The van der Waals surface area contributed by atoms with Crippen molar-refractivity contribution >= 4 is 17.4 Å². The molecule has 120 valence electrons. The van der Waals surface area contributed by atoms with Crippen molar-refractivity contribution in [3.8, 4) is 6.07 Å². The molecular weight excluding hydrogens is 311 g/mol. The minimum Gasteiger partial charge on any atom is -0.369 e. The molecule has 1 saturated heterocycles. The first kappa shape index (κ1) is 15.1. The number of nitrogens with zero attached hydrogens (tertiary/aromatic N) is 4. The topological polar surface area (TPSA) is 87.4 Å². The lowest BCUT2D eigenvalue weighted by Crippen LogP contribution is -2.37. The van der Waals surface area contributed by atoms with E-state index in [1.165, 1.54) is 9.30 Å². The molecule has 0 spiro atoms. The molecule has 1 aliphatic heterocycles. The number of fused-ring (bicyclic) bond motifs is 1. The van der Waals surface area contributed by atoms with Crippen molar-refractivity contribution in [1.29, 1.82) is 5.26 Å². The summed E-state index contributed by atoms with van der Waals surface area (Å²) in [5.74, 6) is -4.09. The highest BCUT2D eigenvalue weighted by molar-refractivity contribution is 5.79. The molecule has 9 heteroatoms. The number of rotatable bonds is 2. The molecule has 2 aromatic rings. The summed E-state index contributed by atoms with van der Waals surface area (Å²) in [4.78, 5) is 16.9. The Balaban J connectivity index is 2.03. The van der Waals surface area contributed by atoms with E-state index in [0.717, 1.165) is 0 Å². The minimum atomic E-state index is -4.54. The van der Waals surface area contributed by atoms with E-state index in [-0.39, 0.29) is 18.1 Å². The molecule has 1 amide bonds. The van der Waals surface area contributed by atoms with E-state index in [1.807, 2.05) is 6.07 Å². The molecule has 3 rings (SSSR count). The molecule has 0 unspecified atom stereocenters. The van der Waals surface area contributed by atoms with Crippen LogP contribution in [0.4, 0.5) is 19.0 Å². The van der Waals surface area contributed by atoms with Gasteiger partial charge in [-0.05, 0) is 12.1 Å². The smallest absolute Gasteiger partial charge is 0.369 e. The van der Waals surface area contributed by atoms with Crippen molar-refractivity contribution in [2.45, 2.75) is 6.18 Å². The molecule has 1 aliphatic rings. The van der Waals surface area contributed by atoms with Crippen molar-refractivity contribution in [3.05, 3.63) is 30.1 Å². The molecule has 2 N–H and O–H groups in total. The molecular formula is C14H12F3N5O. The standard InChI is InChI=1S/C14H12F3N5O/c15-14(16,17)9-7-21(6-8(9)12(19)23)13-10(5-18)22-4-2-1-3-11(22)20-13/h1-4,8-9H,6-7H2,(H2,19,23)/t8-,9-/m1/s1. The Morgan fingerprint density at radius 3 is 2.70 bits per heavy atom. The fourth-order valence-electron chi connectivity index (χ4n) is 2.90. The molecule has 0 aromatic carbocycles.